The summed E-state index contributed by atoms with van der Waals surface area (Å²) in [5.41, 5.74) is 7.06. The Kier molecular flexibility index (Phi) is 6.72. The summed E-state index contributed by atoms with van der Waals surface area (Å²) in [6, 6.07) is 18.7. The van der Waals surface area contributed by atoms with Gasteiger partial charge in [-0.2, -0.15) is 0 Å². The van der Waals surface area contributed by atoms with E-state index in [1.165, 1.54) is 92.9 Å². The number of nitrogens with one attached hydrogen (secondary N) is 1. The minimum absolute atomic E-state index is 0.669. The fraction of sp³-hybridized carbons (Fsp3) is 0.533. The Morgan fingerprint density at radius 2 is 1.59 bits per heavy atom. The molecule has 2 saturated heterocycles. The summed E-state index contributed by atoms with van der Waals surface area (Å²) >= 11 is 0. The number of benzene rings is 2. The minimum atomic E-state index is 0.669. The number of fused-ring (bicyclic) bond motifs is 1. The maximum absolute atomic E-state index is 3.87. The van der Waals surface area contributed by atoms with Gasteiger partial charge in [0.1, 0.15) is 0 Å². The third-order valence-electron chi connectivity index (χ3n) is 8.38. The first-order valence-corrected chi connectivity index (χ1v) is 13.6. The van der Waals surface area contributed by atoms with Crippen LogP contribution in [0.2, 0.25) is 0 Å². The average Bonchev–Trinajstić information content (AvgIpc) is 3.59. The molecule has 0 unspecified atom stereocenters. The molecule has 34 heavy (non-hydrogen) atoms. The Morgan fingerprint density at radius 1 is 0.794 bits per heavy atom. The molecule has 0 amide bonds. The largest absolute Gasteiger partial charge is 0.371 e. The predicted molar refractivity (Wildman–Crippen MR) is 143 cm³/mol. The highest BCUT2D eigenvalue weighted by molar-refractivity contribution is 5.89. The summed E-state index contributed by atoms with van der Waals surface area (Å²) in [6.07, 6.45) is 8.86. The number of rotatable bonds is 8. The molecule has 0 atom stereocenters. The average molecular weight is 457 g/mol. The molecule has 2 aromatic rings. The van der Waals surface area contributed by atoms with Gasteiger partial charge < -0.3 is 15.1 Å². The van der Waals surface area contributed by atoms with Crippen LogP contribution in [-0.2, 0) is 6.42 Å². The molecule has 6 rings (SSSR count). The van der Waals surface area contributed by atoms with Gasteiger partial charge in [0.25, 0.3) is 0 Å². The van der Waals surface area contributed by atoms with Crippen LogP contribution in [0.25, 0.3) is 11.6 Å². The van der Waals surface area contributed by atoms with Crippen molar-refractivity contribution in [3.63, 3.8) is 0 Å². The number of hydrogen-bond acceptors (Lipinski definition) is 4. The zero-order valence-electron chi connectivity index (χ0n) is 20.6. The van der Waals surface area contributed by atoms with E-state index in [0.29, 0.717) is 6.04 Å². The number of nitrogens with zero attached hydrogens (tertiary/aromatic N) is 3. The summed E-state index contributed by atoms with van der Waals surface area (Å²) in [5, 5.41) is 3.87. The van der Waals surface area contributed by atoms with Crippen molar-refractivity contribution in [2.45, 2.75) is 38.1 Å². The highest BCUT2D eigenvalue weighted by Crippen LogP contribution is 2.33. The summed E-state index contributed by atoms with van der Waals surface area (Å²) < 4.78 is 0. The Balaban J connectivity index is 0.939. The molecule has 2 aliphatic heterocycles. The van der Waals surface area contributed by atoms with Crippen molar-refractivity contribution < 1.29 is 0 Å². The van der Waals surface area contributed by atoms with Crippen molar-refractivity contribution in [3.8, 4) is 0 Å². The van der Waals surface area contributed by atoms with Gasteiger partial charge in [0.15, 0.2) is 0 Å². The lowest BCUT2D eigenvalue weighted by atomic mass is 10.0. The number of allylic oxidation sites excluding steroid dienone is 1. The van der Waals surface area contributed by atoms with Gasteiger partial charge in [0, 0.05) is 70.6 Å². The SMILES string of the molecule is C1=C(c2cccc(N3CCC(NCCN4CCN(CC5CC5)CC4)CC3)c2)Cc2ccccc21. The summed E-state index contributed by atoms with van der Waals surface area (Å²) in [4.78, 5) is 7.94. The first kappa shape index (κ1) is 22.3. The third kappa shape index (κ3) is 5.40. The normalized spacial score (nSPS) is 22.1. The minimum Gasteiger partial charge on any atom is -0.371 e. The van der Waals surface area contributed by atoms with Gasteiger partial charge in [-0.3, -0.25) is 4.90 Å². The molecule has 2 aliphatic carbocycles. The zero-order chi connectivity index (χ0) is 22.7. The van der Waals surface area contributed by atoms with E-state index in [0.717, 1.165) is 32.0 Å². The zero-order valence-corrected chi connectivity index (χ0v) is 20.6. The Labute approximate surface area is 205 Å². The van der Waals surface area contributed by atoms with Gasteiger partial charge in [0.05, 0.1) is 0 Å². The summed E-state index contributed by atoms with van der Waals surface area (Å²) in [5.74, 6) is 1.03. The van der Waals surface area contributed by atoms with Crippen molar-refractivity contribution >= 4 is 17.3 Å². The molecule has 2 heterocycles. The maximum atomic E-state index is 3.87. The maximum Gasteiger partial charge on any atom is 0.0372 e. The van der Waals surface area contributed by atoms with Gasteiger partial charge in [-0.25, -0.2) is 0 Å². The van der Waals surface area contributed by atoms with E-state index in [-0.39, 0.29) is 0 Å². The lowest BCUT2D eigenvalue weighted by Gasteiger charge is -2.36. The van der Waals surface area contributed by atoms with Crippen molar-refractivity contribution in [1.29, 1.82) is 0 Å². The Morgan fingerprint density at radius 3 is 2.38 bits per heavy atom. The van der Waals surface area contributed by atoms with Crippen LogP contribution in [0.15, 0.2) is 48.5 Å². The fourth-order valence-corrected chi connectivity index (χ4v) is 6.00. The molecule has 4 aliphatic rings. The number of piperazine rings is 1. The van der Waals surface area contributed by atoms with Crippen LogP contribution in [0.3, 0.4) is 0 Å². The fourth-order valence-electron chi connectivity index (χ4n) is 6.00. The second-order valence-corrected chi connectivity index (χ2v) is 10.9. The predicted octanol–water partition coefficient (Wildman–Crippen LogP) is 4.37. The molecule has 0 aromatic heterocycles. The molecule has 180 valence electrons. The number of hydrogen-bond donors (Lipinski definition) is 1. The van der Waals surface area contributed by atoms with Gasteiger partial charge in [-0.05, 0) is 72.4 Å². The van der Waals surface area contributed by atoms with E-state index in [1.807, 2.05) is 0 Å². The van der Waals surface area contributed by atoms with Crippen LogP contribution in [0, 0.1) is 5.92 Å². The van der Waals surface area contributed by atoms with E-state index in [9.17, 15) is 0 Å². The van der Waals surface area contributed by atoms with E-state index in [1.54, 1.807) is 0 Å². The van der Waals surface area contributed by atoms with Crippen LogP contribution < -0.4 is 10.2 Å². The van der Waals surface area contributed by atoms with E-state index >= 15 is 0 Å². The van der Waals surface area contributed by atoms with Crippen LogP contribution >= 0.6 is 0 Å². The first-order chi connectivity index (χ1) is 16.8. The van der Waals surface area contributed by atoms with E-state index < -0.39 is 0 Å². The van der Waals surface area contributed by atoms with Gasteiger partial charge >= 0.3 is 0 Å². The van der Waals surface area contributed by atoms with Crippen molar-refractivity contribution in [1.82, 2.24) is 15.1 Å². The van der Waals surface area contributed by atoms with Crippen molar-refractivity contribution in [3.05, 3.63) is 65.2 Å². The number of anilines is 1. The molecule has 1 N–H and O–H groups in total. The highest BCUT2D eigenvalue weighted by atomic mass is 15.3. The highest BCUT2D eigenvalue weighted by Gasteiger charge is 2.26. The van der Waals surface area contributed by atoms with Crippen LogP contribution in [-0.4, -0.2) is 74.7 Å². The second kappa shape index (κ2) is 10.2. The van der Waals surface area contributed by atoms with Gasteiger partial charge in [-0.1, -0.05) is 42.5 Å². The Bertz CT molecular complexity index is 994. The molecule has 0 radical (unpaired) electrons. The molecular formula is C30H40N4. The lowest BCUT2D eigenvalue weighted by Crippen LogP contribution is -2.50. The molecule has 0 bridgehead atoms. The summed E-state index contributed by atoms with van der Waals surface area (Å²) in [6.45, 7) is 11.1. The van der Waals surface area contributed by atoms with Crippen molar-refractivity contribution in [2.24, 2.45) is 5.92 Å². The van der Waals surface area contributed by atoms with Crippen molar-refractivity contribution in [2.75, 3.05) is 63.8 Å². The van der Waals surface area contributed by atoms with Gasteiger partial charge in [0.2, 0.25) is 0 Å². The molecule has 3 fully saturated rings. The van der Waals surface area contributed by atoms with Gasteiger partial charge in [-0.15, -0.1) is 0 Å². The van der Waals surface area contributed by atoms with Crippen LogP contribution in [0.1, 0.15) is 42.4 Å². The summed E-state index contributed by atoms with van der Waals surface area (Å²) in [7, 11) is 0. The van der Waals surface area contributed by atoms with E-state index in [4.69, 9.17) is 0 Å². The smallest absolute Gasteiger partial charge is 0.0372 e. The molecule has 0 spiro atoms. The quantitative estimate of drug-likeness (QED) is 0.637. The lowest BCUT2D eigenvalue weighted by molar-refractivity contribution is 0.128. The molecule has 4 heteroatoms. The molecular weight excluding hydrogens is 416 g/mol. The molecule has 1 saturated carbocycles. The molecule has 4 nitrogen and oxygen atoms in total. The number of piperidine rings is 1. The van der Waals surface area contributed by atoms with Crippen LogP contribution in [0.5, 0.6) is 0 Å². The third-order valence-corrected chi connectivity index (χ3v) is 8.38. The molecule has 2 aromatic carbocycles. The van der Waals surface area contributed by atoms with E-state index in [2.05, 4.69) is 74.6 Å². The second-order valence-electron chi connectivity index (χ2n) is 10.9. The topological polar surface area (TPSA) is 21.8 Å². The standard InChI is InChI=1S/C30H40N4/c1-2-5-26-21-28(20-25(26)4-1)27-6-3-7-30(22-27)34-13-10-29(11-14-34)31-12-15-32-16-18-33(19-17-32)23-24-8-9-24/h1-7,20,22,24,29,31H,8-19,21,23H2. The van der Waals surface area contributed by atoms with Crippen LogP contribution in [0.4, 0.5) is 5.69 Å². The Hall–Kier alpha value is -2.14. The monoisotopic (exact) mass is 456 g/mol. The first-order valence-electron chi connectivity index (χ1n) is 13.6.